The largest absolute Gasteiger partial charge is 0.481 e. The number of rotatable bonds is 10. The molecule has 0 bridgehead atoms. The predicted molar refractivity (Wildman–Crippen MR) is 128 cm³/mol. The Hall–Kier alpha value is -3.89. The number of aryl methyl sites for hydroxylation is 1. The molecule has 0 saturated heterocycles. The summed E-state index contributed by atoms with van der Waals surface area (Å²) in [6.45, 7) is 1.64. The van der Waals surface area contributed by atoms with E-state index in [1.54, 1.807) is 12.1 Å². The van der Waals surface area contributed by atoms with Crippen molar-refractivity contribution in [3.63, 3.8) is 0 Å². The number of hydrogen-bond donors (Lipinski definition) is 5. The van der Waals surface area contributed by atoms with Gasteiger partial charge in [0.2, 0.25) is 5.95 Å². The summed E-state index contributed by atoms with van der Waals surface area (Å²) < 4.78 is 0. The summed E-state index contributed by atoms with van der Waals surface area (Å²) in [7, 11) is 0. The topological polar surface area (TPSA) is 179 Å². The number of carboxylic acids is 2. The molecule has 186 valence electrons. The maximum Gasteiger partial charge on any atom is 0.326 e. The van der Waals surface area contributed by atoms with Gasteiger partial charge in [-0.2, -0.15) is 0 Å². The van der Waals surface area contributed by atoms with Gasteiger partial charge in [-0.25, -0.2) is 9.78 Å². The fraction of sp³-hybridized carbons (Fsp3) is 0.458. The number of nitrogens with zero attached hydrogens (tertiary/aromatic N) is 2. The average molecular weight is 484 g/mol. The Morgan fingerprint density at radius 2 is 2.06 bits per heavy atom. The van der Waals surface area contributed by atoms with Crippen LogP contribution in [0, 0.1) is 0 Å². The summed E-state index contributed by atoms with van der Waals surface area (Å²) in [6.07, 6.45) is 3.68. The van der Waals surface area contributed by atoms with Crippen molar-refractivity contribution in [2.45, 2.75) is 56.9 Å². The van der Waals surface area contributed by atoms with Gasteiger partial charge in [-0.15, -0.1) is 0 Å². The maximum absolute atomic E-state index is 12.6. The van der Waals surface area contributed by atoms with Crippen molar-refractivity contribution in [2.75, 3.05) is 23.7 Å². The number of nitrogens with two attached hydrogens (primary N) is 1. The van der Waals surface area contributed by atoms with Crippen molar-refractivity contribution in [3.05, 3.63) is 50.9 Å². The van der Waals surface area contributed by atoms with Crippen LogP contribution in [0.5, 0.6) is 0 Å². The number of benzene rings is 1. The van der Waals surface area contributed by atoms with Crippen LogP contribution in [0.3, 0.4) is 0 Å². The van der Waals surface area contributed by atoms with Gasteiger partial charge in [0.15, 0.2) is 0 Å². The van der Waals surface area contributed by atoms with Crippen LogP contribution in [0.2, 0.25) is 0 Å². The number of carbonyl (C=O) groups is 3. The zero-order chi connectivity index (χ0) is 25.1. The standard InChI is InChI=1S/C24H29N5O6/c25-24-27-16-5-3-13(20(16)22(33)28-24)2-1-10-29-11-9-14-12-15(4-7-18(14)29)21(32)26-17(23(34)35)6-8-19(30)31/h4,7,12-13,17H,1-3,5-6,8-11H2,(H,26,32)(H,30,31)(H,34,35)(H3,25,27,28,33)/t13?,17-/m0/s1. The zero-order valence-corrected chi connectivity index (χ0v) is 19.2. The highest BCUT2D eigenvalue weighted by Crippen LogP contribution is 2.34. The Morgan fingerprint density at radius 3 is 2.80 bits per heavy atom. The number of aromatic amines is 1. The lowest BCUT2D eigenvalue weighted by Crippen LogP contribution is -2.41. The van der Waals surface area contributed by atoms with Crippen molar-refractivity contribution in [1.82, 2.24) is 15.3 Å². The van der Waals surface area contributed by atoms with E-state index in [1.807, 2.05) is 6.07 Å². The number of carbonyl (C=O) groups excluding carboxylic acids is 1. The van der Waals surface area contributed by atoms with E-state index in [4.69, 9.17) is 10.8 Å². The highest BCUT2D eigenvalue weighted by atomic mass is 16.4. The maximum atomic E-state index is 12.6. The molecule has 35 heavy (non-hydrogen) atoms. The molecule has 1 aromatic heterocycles. The summed E-state index contributed by atoms with van der Waals surface area (Å²) in [6, 6.07) is 4.03. The van der Waals surface area contributed by atoms with Crippen LogP contribution in [0.1, 0.15) is 65.2 Å². The van der Waals surface area contributed by atoms with Gasteiger partial charge < -0.3 is 26.2 Å². The molecule has 1 aliphatic carbocycles. The second kappa shape index (κ2) is 10.2. The molecule has 0 saturated carbocycles. The molecule has 1 aromatic carbocycles. The molecule has 4 rings (SSSR count). The van der Waals surface area contributed by atoms with Crippen LogP contribution in [-0.4, -0.2) is 57.2 Å². The Balaban J connectivity index is 1.34. The van der Waals surface area contributed by atoms with E-state index in [2.05, 4.69) is 20.2 Å². The predicted octanol–water partition coefficient (Wildman–Crippen LogP) is 1.27. The van der Waals surface area contributed by atoms with Gasteiger partial charge in [0.05, 0.1) is 5.69 Å². The van der Waals surface area contributed by atoms with E-state index in [-0.39, 0.29) is 30.3 Å². The third-order valence-electron chi connectivity index (χ3n) is 6.75. The quantitative estimate of drug-likeness (QED) is 0.333. The van der Waals surface area contributed by atoms with Gasteiger partial charge >= 0.3 is 11.9 Å². The van der Waals surface area contributed by atoms with E-state index < -0.39 is 23.9 Å². The summed E-state index contributed by atoms with van der Waals surface area (Å²) in [5.74, 6) is -2.58. The van der Waals surface area contributed by atoms with Crippen LogP contribution in [0.25, 0.3) is 0 Å². The Labute approximate surface area is 201 Å². The number of H-pyrrole nitrogens is 1. The number of fused-ring (bicyclic) bond motifs is 2. The second-order valence-electron chi connectivity index (χ2n) is 9.07. The molecule has 11 nitrogen and oxygen atoms in total. The SMILES string of the molecule is Nc1nc2c(c(=O)[nH]1)C(CCCN1CCc3cc(C(=O)N[C@@H](CCC(=O)O)C(=O)O)ccc31)CC2. The van der Waals surface area contributed by atoms with Crippen LogP contribution >= 0.6 is 0 Å². The lowest BCUT2D eigenvalue weighted by atomic mass is 9.98. The van der Waals surface area contributed by atoms with Gasteiger partial charge in [0, 0.05) is 36.3 Å². The number of aliphatic carboxylic acids is 2. The van der Waals surface area contributed by atoms with Gasteiger partial charge in [-0.05, 0) is 68.2 Å². The number of hydrogen-bond acceptors (Lipinski definition) is 7. The van der Waals surface area contributed by atoms with Crippen LogP contribution in [0.4, 0.5) is 11.6 Å². The van der Waals surface area contributed by atoms with Gasteiger partial charge in [0.25, 0.3) is 11.5 Å². The zero-order valence-electron chi connectivity index (χ0n) is 19.2. The molecule has 0 radical (unpaired) electrons. The second-order valence-corrected chi connectivity index (χ2v) is 9.07. The monoisotopic (exact) mass is 483 g/mol. The molecule has 2 aromatic rings. The average Bonchev–Trinajstić information content (AvgIpc) is 3.40. The highest BCUT2D eigenvalue weighted by Gasteiger charge is 2.28. The van der Waals surface area contributed by atoms with Gasteiger partial charge in [-0.3, -0.25) is 19.4 Å². The molecule has 1 aliphatic heterocycles. The minimum Gasteiger partial charge on any atom is -0.481 e. The molecule has 1 unspecified atom stereocenters. The first-order valence-corrected chi connectivity index (χ1v) is 11.7. The van der Waals surface area contributed by atoms with Crippen molar-refractivity contribution in [1.29, 1.82) is 0 Å². The Bertz CT molecular complexity index is 1210. The van der Waals surface area contributed by atoms with Crippen molar-refractivity contribution in [2.24, 2.45) is 0 Å². The smallest absolute Gasteiger partial charge is 0.326 e. The summed E-state index contributed by atoms with van der Waals surface area (Å²) >= 11 is 0. The minimum absolute atomic E-state index is 0.138. The molecule has 2 atom stereocenters. The van der Waals surface area contributed by atoms with Gasteiger partial charge in [-0.1, -0.05) is 0 Å². The fourth-order valence-electron chi connectivity index (χ4n) is 5.04. The van der Waals surface area contributed by atoms with Crippen LogP contribution in [-0.2, 0) is 22.4 Å². The fourth-order valence-corrected chi connectivity index (χ4v) is 5.04. The molecule has 0 fully saturated rings. The minimum atomic E-state index is -1.27. The molecule has 1 amide bonds. The normalized spacial score (nSPS) is 17.0. The Morgan fingerprint density at radius 1 is 1.26 bits per heavy atom. The van der Waals surface area contributed by atoms with E-state index in [0.717, 1.165) is 67.7 Å². The molecule has 2 heterocycles. The van der Waals surface area contributed by atoms with E-state index in [9.17, 15) is 24.3 Å². The van der Waals surface area contributed by atoms with Crippen LogP contribution < -0.4 is 21.5 Å². The number of carboxylic acid groups (broad SMARTS) is 2. The summed E-state index contributed by atoms with van der Waals surface area (Å²) in [4.78, 5) is 56.1. The molecule has 11 heteroatoms. The number of nitrogens with one attached hydrogen (secondary N) is 2. The first kappa shape index (κ1) is 24.2. The van der Waals surface area contributed by atoms with E-state index in [1.165, 1.54) is 0 Å². The summed E-state index contributed by atoms with van der Waals surface area (Å²) in [5, 5.41) is 20.5. The number of aromatic nitrogens is 2. The molecule has 6 N–H and O–H groups in total. The van der Waals surface area contributed by atoms with Crippen molar-refractivity contribution < 1.29 is 24.6 Å². The third kappa shape index (κ3) is 5.44. The molecule has 0 spiro atoms. The first-order chi connectivity index (χ1) is 16.7. The van der Waals surface area contributed by atoms with Crippen molar-refractivity contribution in [3.8, 4) is 0 Å². The van der Waals surface area contributed by atoms with Crippen LogP contribution in [0.15, 0.2) is 23.0 Å². The highest BCUT2D eigenvalue weighted by molar-refractivity contribution is 5.97. The summed E-state index contributed by atoms with van der Waals surface area (Å²) in [5.41, 5.74) is 9.48. The van der Waals surface area contributed by atoms with E-state index >= 15 is 0 Å². The number of anilines is 2. The Kier molecular flexibility index (Phi) is 7.04. The van der Waals surface area contributed by atoms with Crippen molar-refractivity contribution >= 4 is 29.5 Å². The lowest BCUT2D eigenvalue weighted by molar-refractivity contribution is -0.140. The number of nitrogen functional groups attached to an aromatic ring is 1. The first-order valence-electron chi connectivity index (χ1n) is 11.7. The molecule has 2 aliphatic rings. The molecular weight excluding hydrogens is 454 g/mol. The molecular formula is C24H29N5O6. The van der Waals surface area contributed by atoms with E-state index in [0.29, 0.717) is 5.56 Å². The van der Waals surface area contributed by atoms with Gasteiger partial charge in [0.1, 0.15) is 6.04 Å². The lowest BCUT2D eigenvalue weighted by Gasteiger charge is -2.21. The third-order valence-corrected chi connectivity index (χ3v) is 6.75. The number of amides is 1.